The van der Waals surface area contributed by atoms with E-state index in [-0.39, 0.29) is 0 Å². The van der Waals surface area contributed by atoms with Gasteiger partial charge in [0.1, 0.15) is 5.75 Å². The third kappa shape index (κ3) is 2.53. The van der Waals surface area contributed by atoms with Crippen molar-refractivity contribution in [3.05, 3.63) is 54.1 Å². The van der Waals surface area contributed by atoms with Crippen LogP contribution in [0.3, 0.4) is 0 Å². The molecule has 0 aliphatic heterocycles. The second-order valence-electron chi connectivity index (χ2n) is 4.15. The molecule has 3 nitrogen and oxygen atoms in total. The van der Waals surface area contributed by atoms with Crippen molar-refractivity contribution >= 4 is 26.7 Å². The molecule has 0 unspecified atom stereocenters. The van der Waals surface area contributed by atoms with E-state index >= 15 is 0 Å². The van der Waals surface area contributed by atoms with Crippen molar-refractivity contribution in [2.45, 2.75) is 6.54 Å². The molecule has 0 atom stereocenters. The van der Waals surface area contributed by atoms with Crippen LogP contribution in [0, 0.1) is 0 Å². The molecular weight excluding hydrogens is 256 g/mol. The Hall–Kier alpha value is -2.07. The number of anilines is 1. The minimum Gasteiger partial charge on any atom is -0.496 e. The van der Waals surface area contributed by atoms with Crippen molar-refractivity contribution in [1.29, 1.82) is 0 Å². The smallest absolute Gasteiger partial charge is 0.184 e. The lowest BCUT2D eigenvalue weighted by Crippen LogP contribution is -2.00. The van der Waals surface area contributed by atoms with Crippen LogP contribution in [0.15, 0.2) is 48.5 Å². The van der Waals surface area contributed by atoms with Gasteiger partial charge in [0.25, 0.3) is 0 Å². The molecule has 0 bridgehead atoms. The highest BCUT2D eigenvalue weighted by Crippen LogP contribution is 2.26. The highest BCUT2D eigenvalue weighted by molar-refractivity contribution is 7.22. The van der Waals surface area contributed by atoms with Gasteiger partial charge in [-0.1, -0.05) is 41.7 Å². The Morgan fingerprint density at radius 2 is 1.89 bits per heavy atom. The number of nitrogens with zero attached hydrogens (tertiary/aromatic N) is 1. The molecule has 3 aromatic rings. The molecule has 0 aliphatic carbocycles. The standard InChI is InChI=1S/C15H14N2OS/c1-18-13-8-4-2-6-11(13)10-16-15-17-12-7-3-5-9-14(12)19-15/h2-9H,10H2,1H3,(H,16,17). The molecule has 0 radical (unpaired) electrons. The first-order valence-corrected chi connectivity index (χ1v) is 6.90. The number of methoxy groups -OCH3 is 1. The highest BCUT2D eigenvalue weighted by Gasteiger charge is 2.05. The zero-order chi connectivity index (χ0) is 13.1. The van der Waals surface area contributed by atoms with E-state index in [0.717, 1.165) is 22.0 Å². The van der Waals surface area contributed by atoms with Crippen LogP contribution in [0.5, 0.6) is 5.75 Å². The fourth-order valence-electron chi connectivity index (χ4n) is 1.97. The summed E-state index contributed by atoms with van der Waals surface area (Å²) in [5.41, 5.74) is 2.17. The lowest BCUT2D eigenvalue weighted by atomic mass is 10.2. The first-order valence-electron chi connectivity index (χ1n) is 6.08. The Morgan fingerprint density at radius 3 is 2.74 bits per heavy atom. The summed E-state index contributed by atoms with van der Waals surface area (Å²) in [6.45, 7) is 0.712. The van der Waals surface area contributed by atoms with Crippen LogP contribution in [-0.2, 0) is 6.54 Å². The van der Waals surface area contributed by atoms with Crippen LogP contribution in [0.25, 0.3) is 10.2 Å². The summed E-state index contributed by atoms with van der Waals surface area (Å²) in [5, 5.41) is 4.29. The number of hydrogen-bond acceptors (Lipinski definition) is 4. The molecule has 3 rings (SSSR count). The van der Waals surface area contributed by atoms with Gasteiger partial charge in [0, 0.05) is 12.1 Å². The summed E-state index contributed by atoms with van der Waals surface area (Å²) < 4.78 is 6.53. The summed E-state index contributed by atoms with van der Waals surface area (Å²) in [7, 11) is 1.69. The first-order chi connectivity index (χ1) is 9.36. The van der Waals surface area contributed by atoms with Crippen LogP contribution in [0.2, 0.25) is 0 Å². The predicted molar refractivity (Wildman–Crippen MR) is 79.9 cm³/mol. The number of para-hydroxylation sites is 2. The summed E-state index contributed by atoms with van der Waals surface area (Å²) in [6, 6.07) is 16.2. The molecule has 0 saturated heterocycles. The molecule has 96 valence electrons. The van der Waals surface area contributed by atoms with Gasteiger partial charge in [0.2, 0.25) is 0 Å². The van der Waals surface area contributed by atoms with Crippen LogP contribution in [0.4, 0.5) is 5.13 Å². The van der Waals surface area contributed by atoms with Crippen molar-refractivity contribution in [3.63, 3.8) is 0 Å². The second-order valence-corrected chi connectivity index (χ2v) is 5.18. The van der Waals surface area contributed by atoms with Crippen LogP contribution in [0.1, 0.15) is 5.56 Å². The number of fused-ring (bicyclic) bond motifs is 1. The molecule has 0 fully saturated rings. The topological polar surface area (TPSA) is 34.1 Å². The molecule has 4 heteroatoms. The van der Waals surface area contributed by atoms with Crippen LogP contribution in [-0.4, -0.2) is 12.1 Å². The number of thiazole rings is 1. The van der Waals surface area contributed by atoms with E-state index in [0.29, 0.717) is 6.54 Å². The molecule has 1 aromatic heterocycles. The lowest BCUT2D eigenvalue weighted by Gasteiger charge is -2.08. The maximum Gasteiger partial charge on any atom is 0.184 e. The zero-order valence-electron chi connectivity index (χ0n) is 10.6. The molecule has 0 saturated carbocycles. The van der Waals surface area contributed by atoms with Crippen molar-refractivity contribution in [1.82, 2.24) is 4.98 Å². The third-order valence-electron chi connectivity index (χ3n) is 2.92. The number of nitrogens with one attached hydrogen (secondary N) is 1. The average Bonchev–Trinajstić information content (AvgIpc) is 2.88. The normalized spacial score (nSPS) is 10.6. The van der Waals surface area contributed by atoms with E-state index in [1.807, 2.05) is 36.4 Å². The molecule has 0 aliphatic rings. The maximum atomic E-state index is 5.34. The molecule has 2 aromatic carbocycles. The molecular formula is C15H14N2OS. The minimum absolute atomic E-state index is 0.712. The quantitative estimate of drug-likeness (QED) is 0.780. The third-order valence-corrected chi connectivity index (χ3v) is 3.91. The van der Waals surface area contributed by atoms with Gasteiger partial charge in [-0.25, -0.2) is 4.98 Å². The molecule has 0 spiro atoms. The van der Waals surface area contributed by atoms with E-state index in [4.69, 9.17) is 4.74 Å². The fraction of sp³-hybridized carbons (Fsp3) is 0.133. The van der Waals surface area contributed by atoms with Gasteiger partial charge in [-0.15, -0.1) is 0 Å². The van der Waals surface area contributed by atoms with Crippen molar-refractivity contribution in [2.75, 3.05) is 12.4 Å². The summed E-state index contributed by atoms with van der Waals surface area (Å²) in [5.74, 6) is 0.899. The molecule has 19 heavy (non-hydrogen) atoms. The lowest BCUT2D eigenvalue weighted by molar-refractivity contribution is 0.410. The van der Waals surface area contributed by atoms with Crippen molar-refractivity contribution in [3.8, 4) is 5.75 Å². The fourth-order valence-corrected chi connectivity index (χ4v) is 2.83. The van der Waals surface area contributed by atoms with Gasteiger partial charge in [-0.05, 0) is 18.2 Å². The SMILES string of the molecule is COc1ccccc1CNc1nc2ccccc2s1. The number of hydrogen-bond donors (Lipinski definition) is 1. The maximum absolute atomic E-state index is 5.34. The zero-order valence-corrected chi connectivity index (χ0v) is 11.4. The number of ether oxygens (including phenoxy) is 1. The second kappa shape index (κ2) is 5.28. The van der Waals surface area contributed by atoms with Crippen molar-refractivity contribution in [2.24, 2.45) is 0 Å². The molecule has 1 N–H and O–H groups in total. The Kier molecular flexibility index (Phi) is 3.33. The Bertz CT molecular complexity index is 660. The molecule has 0 amide bonds. The Morgan fingerprint density at radius 1 is 1.11 bits per heavy atom. The van der Waals surface area contributed by atoms with E-state index in [2.05, 4.69) is 22.4 Å². The van der Waals surface area contributed by atoms with Crippen LogP contribution >= 0.6 is 11.3 Å². The minimum atomic E-state index is 0.712. The number of benzene rings is 2. The monoisotopic (exact) mass is 270 g/mol. The number of rotatable bonds is 4. The predicted octanol–water partition coefficient (Wildman–Crippen LogP) is 3.92. The van der Waals surface area contributed by atoms with Gasteiger partial charge in [0.15, 0.2) is 5.13 Å². The Labute approximate surface area is 115 Å². The summed E-state index contributed by atoms with van der Waals surface area (Å²) >= 11 is 1.67. The molecule has 1 heterocycles. The highest BCUT2D eigenvalue weighted by atomic mass is 32.1. The summed E-state index contributed by atoms with van der Waals surface area (Å²) in [4.78, 5) is 4.55. The van der Waals surface area contributed by atoms with E-state index in [9.17, 15) is 0 Å². The van der Waals surface area contributed by atoms with Crippen molar-refractivity contribution < 1.29 is 4.74 Å². The van der Waals surface area contributed by atoms with E-state index in [1.54, 1.807) is 18.4 Å². The van der Waals surface area contributed by atoms with Gasteiger partial charge in [0.05, 0.1) is 17.3 Å². The van der Waals surface area contributed by atoms with E-state index < -0.39 is 0 Å². The average molecular weight is 270 g/mol. The Balaban J connectivity index is 1.78. The first kappa shape index (κ1) is 12.0. The van der Waals surface area contributed by atoms with Gasteiger partial charge < -0.3 is 10.1 Å². The largest absolute Gasteiger partial charge is 0.496 e. The van der Waals surface area contributed by atoms with Gasteiger partial charge in [-0.3, -0.25) is 0 Å². The van der Waals surface area contributed by atoms with Crippen LogP contribution < -0.4 is 10.1 Å². The summed E-state index contributed by atoms with van der Waals surface area (Å²) in [6.07, 6.45) is 0. The van der Waals surface area contributed by atoms with Gasteiger partial charge >= 0.3 is 0 Å². The van der Waals surface area contributed by atoms with Gasteiger partial charge in [-0.2, -0.15) is 0 Å². The number of aromatic nitrogens is 1. The van der Waals surface area contributed by atoms with E-state index in [1.165, 1.54) is 4.70 Å².